The summed E-state index contributed by atoms with van der Waals surface area (Å²) in [5, 5.41) is 5.46. The fourth-order valence-corrected chi connectivity index (χ4v) is 7.17. The van der Waals surface area contributed by atoms with Gasteiger partial charge in [0.25, 0.3) is 0 Å². The maximum Gasteiger partial charge on any atom is 0.160 e. The van der Waals surface area contributed by atoms with Crippen molar-refractivity contribution in [2.75, 3.05) is 0 Å². The lowest BCUT2D eigenvalue weighted by Crippen LogP contribution is -1.95. The number of pyridine rings is 1. The summed E-state index contributed by atoms with van der Waals surface area (Å²) >= 11 is 0. The van der Waals surface area contributed by atoms with Gasteiger partial charge < -0.3 is 4.42 Å². The first kappa shape index (κ1) is 29.0. The molecule has 3 heterocycles. The SMILES string of the molecule is c1ccc(-c2cc(-c3ccc(-c4ccc5c(c4)nc(-c4cccc6ccccc46)c4c6ccccc6oc54)cc3)nc(-c3ccccc3)n2)cc1. The second-order valence-corrected chi connectivity index (χ2v) is 12.8. The monoisotopic (exact) mass is 651 g/mol. The second kappa shape index (κ2) is 11.9. The molecule has 10 rings (SSSR count). The number of fused-ring (bicyclic) bond motifs is 6. The largest absolute Gasteiger partial charge is 0.455 e. The number of nitrogens with zero attached hydrogens (tertiary/aromatic N) is 3. The molecule has 238 valence electrons. The van der Waals surface area contributed by atoms with Gasteiger partial charge in [-0.05, 0) is 46.2 Å². The molecule has 10 aromatic rings. The average molecular weight is 652 g/mol. The van der Waals surface area contributed by atoms with Crippen molar-refractivity contribution in [3.8, 4) is 56.3 Å². The first-order valence-electron chi connectivity index (χ1n) is 17.1. The van der Waals surface area contributed by atoms with Gasteiger partial charge in [0.1, 0.15) is 11.2 Å². The van der Waals surface area contributed by atoms with Gasteiger partial charge in [0, 0.05) is 33.0 Å². The molecule has 0 spiro atoms. The van der Waals surface area contributed by atoms with Crippen LogP contribution in [0.25, 0.3) is 99.9 Å². The molecule has 0 aliphatic heterocycles. The Kier molecular flexibility index (Phi) is 6.78. The van der Waals surface area contributed by atoms with E-state index in [1.54, 1.807) is 0 Å². The van der Waals surface area contributed by atoms with Crippen molar-refractivity contribution >= 4 is 43.6 Å². The Hall–Kier alpha value is -6.91. The van der Waals surface area contributed by atoms with Crippen molar-refractivity contribution in [1.82, 2.24) is 15.0 Å². The van der Waals surface area contributed by atoms with E-state index in [4.69, 9.17) is 19.4 Å². The smallest absolute Gasteiger partial charge is 0.160 e. The predicted octanol–water partition coefficient (Wildman–Crippen LogP) is 12.4. The first-order chi connectivity index (χ1) is 25.3. The highest BCUT2D eigenvalue weighted by Gasteiger charge is 2.19. The molecule has 0 aliphatic carbocycles. The van der Waals surface area contributed by atoms with Crippen LogP contribution in [0.5, 0.6) is 0 Å². The van der Waals surface area contributed by atoms with Gasteiger partial charge in [-0.2, -0.15) is 0 Å². The topological polar surface area (TPSA) is 51.8 Å². The number of aromatic nitrogens is 3. The number of hydrogen-bond donors (Lipinski definition) is 0. The summed E-state index contributed by atoms with van der Waals surface area (Å²) in [6, 6.07) is 60.7. The number of hydrogen-bond acceptors (Lipinski definition) is 4. The van der Waals surface area contributed by atoms with Gasteiger partial charge in [0.05, 0.1) is 28.0 Å². The van der Waals surface area contributed by atoms with Gasteiger partial charge >= 0.3 is 0 Å². The molecule has 4 nitrogen and oxygen atoms in total. The molecule has 0 amide bonds. The van der Waals surface area contributed by atoms with E-state index in [1.807, 2.05) is 48.5 Å². The van der Waals surface area contributed by atoms with Crippen LogP contribution >= 0.6 is 0 Å². The van der Waals surface area contributed by atoms with Crippen LogP contribution in [0.2, 0.25) is 0 Å². The van der Waals surface area contributed by atoms with Crippen molar-refractivity contribution < 1.29 is 4.42 Å². The zero-order valence-corrected chi connectivity index (χ0v) is 27.5. The number of furan rings is 1. The molecule has 7 aromatic carbocycles. The van der Waals surface area contributed by atoms with Crippen LogP contribution in [0.4, 0.5) is 0 Å². The Bertz CT molecular complexity index is 2830. The number of rotatable bonds is 5. The number of para-hydroxylation sites is 1. The van der Waals surface area contributed by atoms with E-state index in [-0.39, 0.29) is 0 Å². The third-order valence-corrected chi connectivity index (χ3v) is 9.69. The molecular formula is C47H29N3O. The molecule has 0 bridgehead atoms. The summed E-state index contributed by atoms with van der Waals surface area (Å²) in [5.41, 5.74) is 11.6. The van der Waals surface area contributed by atoms with Crippen LogP contribution in [0, 0.1) is 0 Å². The Morgan fingerprint density at radius 2 is 1.00 bits per heavy atom. The lowest BCUT2D eigenvalue weighted by molar-refractivity contribution is 0.672. The maximum atomic E-state index is 6.58. The van der Waals surface area contributed by atoms with Crippen LogP contribution in [-0.4, -0.2) is 15.0 Å². The normalized spacial score (nSPS) is 11.5. The van der Waals surface area contributed by atoms with Gasteiger partial charge in [0.2, 0.25) is 0 Å². The fraction of sp³-hybridized carbons (Fsp3) is 0. The predicted molar refractivity (Wildman–Crippen MR) is 209 cm³/mol. The molecule has 0 atom stereocenters. The number of benzene rings is 7. The average Bonchev–Trinajstić information content (AvgIpc) is 3.61. The van der Waals surface area contributed by atoms with E-state index in [0.29, 0.717) is 5.82 Å². The fourth-order valence-electron chi connectivity index (χ4n) is 7.17. The molecule has 0 radical (unpaired) electrons. The molecule has 51 heavy (non-hydrogen) atoms. The molecular weight excluding hydrogens is 623 g/mol. The Morgan fingerprint density at radius 1 is 0.392 bits per heavy atom. The zero-order valence-electron chi connectivity index (χ0n) is 27.5. The maximum absolute atomic E-state index is 6.58. The standard InChI is InChI=1S/C47H29N3O/c1-3-13-32(14-4-1)40-29-41(50-47(49-40)34-15-5-2-6-16-34)33-24-22-30(23-25-33)35-26-27-38-42(28-35)48-45(37-20-11-17-31-12-7-8-18-36(31)37)44-39-19-9-10-21-43(39)51-46(38)44/h1-29H. The van der Waals surface area contributed by atoms with E-state index in [1.165, 1.54) is 10.8 Å². The van der Waals surface area contributed by atoms with Gasteiger partial charge in [-0.3, -0.25) is 0 Å². The van der Waals surface area contributed by atoms with Crippen LogP contribution < -0.4 is 0 Å². The molecule has 0 saturated carbocycles. The third-order valence-electron chi connectivity index (χ3n) is 9.69. The van der Waals surface area contributed by atoms with Crippen LogP contribution in [0.1, 0.15) is 0 Å². The summed E-state index contributed by atoms with van der Waals surface area (Å²) in [6.07, 6.45) is 0. The van der Waals surface area contributed by atoms with Crippen molar-refractivity contribution in [2.45, 2.75) is 0 Å². The molecule has 4 heteroatoms. The minimum atomic E-state index is 0.704. The van der Waals surface area contributed by atoms with E-state index >= 15 is 0 Å². The van der Waals surface area contributed by atoms with E-state index in [2.05, 4.69) is 127 Å². The lowest BCUT2D eigenvalue weighted by Gasteiger charge is -2.11. The van der Waals surface area contributed by atoms with Gasteiger partial charge in [-0.15, -0.1) is 0 Å². The Morgan fingerprint density at radius 3 is 1.78 bits per heavy atom. The summed E-state index contributed by atoms with van der Waals surface area (Å²) in [6.45, 7) is 0. The molecule has 0 N–H and O–H groups in total. The quantitative estimate of drug-likeness (QED) is 0.186. The Balaban J connectivity index is 1.10. The van der Waals surface area contributed by atoms with Crippen LogP contribution in [0.15, 0.2) is 180 Å². The molecule has 3 aromatic heterocycles. The van der Waals surface area contributed by atoms with E-state index in [0.717, 1.165) is 83.3 Å². The summed E-state index contributed by atoms with van der Waals surface area (Å²) < 4.78 is 6.58. The van der Waals surface area contributed by atoms with Gasteiger partial charge in [-0.1, -0.05) is 152 Å². The van der Waals surface area contributed by atoms with Crippen molar-refractivity contribution in [1.29, 1.82) is 0 Å². The minimum absolute atomic E-state index is 0.704. The van der Waals surface area contributed by atoms with Crippen molar-refractivity contribution in [3.63, 3.8) is 0 Å². The molecule has 0 saturated heterocycles. The molecule has 0 aliphatic rings. The minimum Gasteiger partial charge on any atom is -0.455 e. The highest BCUT2D eigenvalue weighted by Crippen LogP contribution is 2.42. The van der Waals surface area contributed by atoms with E-state index in [9.17, 15) is 0 Å². The summed E-state index contributed by atoms with van der Waals surface area (Å²) in [4.78, 5) is 15.4. The van der Waals surface area contributed by atoms with Crippen LogP contribution in [-0.2, 0) is 0 Å². The highest BCUT2D eigenvalue weighted by molar-refractivity contribution is 6.21. The van der Waals surface area contributed by atoms with Gasteiger partial charge in [0.15, 0.2) is 5.82 Å². The van der Waals surface area contributed by atoms with Crippen molar-refractivity contribution in [3.05, 3.63) is 176 Å². The third kappa shape index (κ3) is 5.04. The summed E-state index contributed by atoms with van der Waals surface area (Å²) in [7, 11) is 0. The van der Waals surface area contributed by atoms with E-state index < -0.39 is 0 Å². The zero-order chi connectivity index (χ0) is 33.7. The molecule has 0 fully saturated rings. The summed E-state index contributed by atoms with van der Waals surface area (Å²) in [5.74, 6) is 0.704. The molecule has 0 unspecified atom stereocenters. The first-order valence-corrected chi connectivity index (χ1v) is 17.1. The highest BCUT2D eigenvalue weighted by atomic mass is 16.3. The lowest BCUT2D eigenvalue weighted by atomic mass is 9.96. The Labute approximate surface area is 294 Å². The van der Waals surface area contributed by atoms with Crippen molar-refractivity contribution in [2.24, 2.45) is 0 Å². The second-order valence-electron chi connectivity index (χ2n) is 12.8. The van der Waals surface area contributed by atoms with Gasteiger partial charge in [-0.25, -0.2) is 15.0 Å². The van der Waals surface area contributed by atoms with Crippen LogP contribution in [0.3, 0.4) is 0 Å².